The van der Waals surface area contributed by atoms with Gasteiger partial charge in [-0.1, -0.05) is 42.5 Å². The molecule has 2 atom stereocenters. The molecule has 3 nitrogen and oxygen atoms in total. The van der Waals surface area contributed by atoms with E-state index in [-0.39, 0.29) is 12.1 Å². The molecule has 0 aliphatic rings. The first-order chi connectivity index (χ1) is 8.50. The van der Waals surface area contributed by atoms with Crippen LogP contribution in [0.1, 0.15) is 38.4 Å². The first-order valence-corrected chi connectivity index (χ1v) is 6.06. The van der Waals surface area contributed by atoms with E-state index in [2.05, 4.69) is 6.58 Å². The van der Waals surface area contributed by atoms with Crippen LogP contribution in [0.3, 0.4) is 0 Å². The average molecular weight is 248 g/mol. The van der Waals surface area contributed by atoms with Crippen molar-refractivity contribution in [3.05, 3.63) is 48.0 Å². The highest BCUT2D eigenvalue weighted by atomic mass is 16.5. The van der Waals surface area contributed by atoms with Crippen LogP contribution in [-0.2, 0) is 9.53 Å². The van der Waals surface area contributed by atoms with Gasteiger partial charge in [-0.05, 0) is 25.3 Å². The molecule has 1 rings (SSSR count). The van der Waals surface area contributed by atoms with Crippen LogP contribution in [-0.4, -0.2) is 17.2 Å². The van der Waals surface area contributed by atoms with Crippen molar-refractivity contribution in [2.45, 2.75) is 38.9 Å². The quantitative estimate of drug-likeness (QED) is 0.622. The number of aliphatic hydroxyl groups is 1. The molecule has 0 radical (unpaired) electrons. The molecule has 0 saturated heterocycles. The molecule has 0 fully saturated rings. The number of ether oxygens (including phenoxy) is 1. The second-order valence-corrected chi connectivity index (χ2v) is 4.45. The molecule has 0 spiro atoms. The second-order valence-electron chi connectivity index (χ2n) is 4.45. The van der Waals surface area contributed by atoms with Gasteiger partial charge in [0.2, 0.25) is 0 Å². The van der Waals surface area contributed by atoms with Gasteiger partial charge in [-0.25, -0.2) is 0 Å². The molecule has 0 aromatic heterocycles. The van der Waals surface area contributed by atoms with E-state index in [1.54, 1.807) is 6.92 Å². The molecule has 1 N–H and O–H groups in total. The third-order valence-corrected chi connectivity index (χ3v) is 2.75. The molecule has 18 heavy (non-hydrogen) atoms. The summed E-state index contributed by atoms with van der Waals surface area (Å²) in [5.41, 5.74) is 1.67. The van der Waals surface area contributed by atoms with Crippen molar-refractivity contribution in [2.24, 2.45) is 0 Å². The Morgan fingerprint density at radius 2 is 1.89 bits per heavy atom. The number of rotatable bonds is 6. The molecule has 0 aliphatic carbocycles. The van der Waals surface area contributed by atoms with Crippen molar-refractivity contribution < 1.29 is 14.6 Å². The molecular formula is C15H20O3. The van der Waals surface area contributed by atoms with Gasteiger partial charge in [-0.3, -0.25) is 4.79 Å². The Labute approximate surface area is 108 Å². The van der Waals surface area contributed by atoms with Crippen molar-refractivity contribution in [3.63, 3.8) is 0 Å². The smallest absolute Gasteiger partial charge is 0.303 e. The Balaban J connectivity index is 2.68. The van der Waals surface area contributed by atoms with Gasteiger partial charge in [0.25, 0.3) is 0 Å². The van der Waals surface area contributed by atoms with E-state index in [1.807, 2.05) is 30.3 Å². The number of hydrogen-bond acceptors (Lipinski definition) is 3. The molecule has 0 amide bonds. The Bertz CT molecular complexity index is 397. The zero-order valence-electron chi connectivity index (χ0n) is 10.9. The van der Waals surface area contributed by atoms with E-state index in [0.717, 1.165) is 11.1 Å². The molecule has 0 saturated carbocycles. The van der Waals surface area contributed by atoms with Gasteiger partial charge in [-0.2, -0.15) is 0 Å². The monoisotopic (exact) mass is 248 g/mol. The molecule has 2 unspecified atom stereocenters. The minimum Gasteiger partial charge on any atom is -0.458 e. The number of carbonyl (C=O) groups excluding carboxylic acids is 1. The molecule has 0 bridgehead atoms. The van der Waals surface area contributed by atoms with Crippen molar-refractivity contribution in [1.82, 2.24) is 0 Å². The minimum atomic E-state index is -0.549. The van der Waals surface area contributed by atoms with Crippen molar-refractivity contribution in [3.8, 4) is 0 Å². The topological polar surface area (TPSA) is 46.5 Å². The summed E-state index contributed by atoms with van der Waals surface area (Å²) < 4.78 is 5.29. The first kappa shape index (κ1) is 14.5. The van der Waals surface area contributed by atoms with Gasteiger partial charge >= 0.3 is 5.97 Å². The summed E-state index contributed by atoms with van der Waals surface area (Å²) in [6.45, 7) is 6.89. The summed E-state index contributed by atoms with van der Waals surface area (Å²) in [7, 11) is 0. The highest BCUT2D eigenvalue weighted by Gasteiger charge is 2.16. The number of benzene rings is 1. The van der Waals surface area contributed by atoms with Crippen LogP contribution < -0.4 is 0 Å². The van der Waals surface area contributed by atoms with Gasteiger partial charge < -0.3 is 9.84 Å². The van der Waals surface area contributed by atoms with Crippen LogP contribution in [0.15, 0.2) is 42.5 Å². The third kappa shape index (κ3) is 4.72. The predicted octanol–water partition coefficient (Wildman–Crippen LogP) is 3.01. The zero-order chi connectivity index (χ0) is 13.5. The maximum Gasteiger partial charge on any atom is 0.303 e. The zero-order valence-corrected chi connectivity index (χ0v) is 10.9. The van der Waals surface area contributed by atoms with Crippen LogP contribution in [0.25, 0.3) is 0 Å². The Morgan fingerprint density at radius 3 is 2.39 bits per heavy atom. The largest absolute Gasteiger partial charge is 0.458 e. The van der Waals surface area contributed by atoms with Crippen molar-refractivity contribution >= 4 is 5.97 Å². The van der Waals surface area contributed by atoms with Crippen molar-refractivity contribution in [1.29, 1.82) is 0 Å². The van der Waals surface area contributed by atoms with Crippen LogP contribution in [0.5, 0.6) is 0 Å². The first-order valence-electron chi connectivity index (χ1n) is 6.06. The molecule has 0 heterocycles. The summed E-state index contributed by atoms with van der Waals surface area (Å²) in [5.74, 6) is -0.311. The lowest BCUT2D eigenvalue weighted by Crippen LogP contribution is -2.13. The summed E-state index contributed by atoms with van der Waals surface area (Å²) in [4.78, 5) is 11.1. The van der Waals surface area contributed by atoms with Gasteiger partial charge in [0.15, 0.2) is 0 Å². The van der Waals surface area contributed by atoms with Crippen molar-refractivity contribution in [2.75, 3.05) is 0 Å². The van der Waals surface area contributed by atoms with E-state index in [9.17, 15) is 9.90 Å². The number of carbonyl (C=O) groups is 1. The standard InChI is InChI=1S/C15H20O3/c1-11(2)14(17)9-10-15(18-12(3)16)13-7-5-4-6-8-13/h4-8,14-15,17H,1,9-10H2,2-3H3. The van der Waals surface area contributed by atoms with Gasteiger partial charge in [-0.15, -0.1) is 0 Å². The number of esters is 1. The maximum absolute atomic E-state index is 11.1. The maximum atomic E-state index is 11.1. The predicted molar refractivity (Wildman–Crippen MR) is 71.0 cm³/mol. The fourth-order valence-electron chi connectivity index (χ4n) is 1.72. The Hall–Kier alpha value is -1.61. The fraction of sp³-hybridized carbons (Fsp3) is 0.400. The molecular weight excluding hydrogens is 228 g/mol. The average Bonchev–Trinajstić information content (AvgIpc) is 2.34. The van der Waals surface area contributed by atoms with Crippen LogP contribution in [0, 0.1) is 0 Å². The van der Waals surface area contributed by atoms with E-state index >= 15 is 0 Å². The second kappa shape index (κ2) is 6.97. The fourth-order valence-corrected chi connectivity index (χ4v) is 1.72. The SMILES string of the molecule is C=C(C)C(O)CCC(OC(C)=O)c1ccccc1. The molecule has 0 aliphatic heterocycles. The van der Waals surface area contributed by atoms with Gasteiger partial charge in [0.05, 0.1) is 6.10 Å². The lowest BCUT2D eigenvalue weighted by molar-refractivity contribution is -0.147. The lowest BCUT2D eigenvalue weighted by Gasteiger charge is -2.19. The van der Waals surface area contributed by atoms with Crippen LogP contribution in [0.4, 0.5) is 0 Å². The molecule has 1 aromatic carbocycles. The van der Waals surface area contributed by atoms with E-state index in [1.165, 1.54) is 6.92 Å². The Morgan fingerprint density at radius 1 is 1.28 bits per heavy atom. The van der Waals surface area contributed by atoms with Crippen LogP contribution >= 0.6 is 0 Å². The minimum absolute atomic E-state index is 0.308. The number of hydrogen-bond donors (Lipinski definition) is 1. The molecule has 1 aromatic rings. The van der Waals surface area contributed by atoms with E-state index < -0.39 is 6.10 Å². The Kier molecular flexibility index (Phi) is 5.59. The summed E-state index contributed by atoms with van der Waals surface area (Å²) >= 11 is 0. The van der Waals surface area contributed by atoms with Gasteiger partial charge in [0, 0.05) is 6.92 Å². The van der Waals surface area contributed by atoms with E-state index in [4.69, 9.17) is 4.74 Å². The normalized spacial score (nSPS) is 13.7. The van der Waals surface area contributed by atoms with E-state index in [0.29, 0.717) is 12.8 Å². The highest BCUT2D eigenvalue weighted by molar-refractivity contribution is 5.66. The summed E-state index contributed by atoms with van der Waals surface area (Å²) in [5, 5.41) is 9.72. The number of aliphatic hydroxyl groups excluding tert-OH is 1. The van der Waals surface area contributed by atoms with Gasteiger partial charge in [0.1, 0.15) is 6.10 Å². The molecule has 3 heteroatoms. The van der Waals surface area contributed by atoms with Crippen LogP contribution in [0.2, 0.25) is 0 Å². The lowest BCUT2D eigenvalue weighted by atomic mass is 10.0. The third-order valence-electron chi connectivity index (χ3n) is 2.75. The summed E-state index contributed by atoms with van der Waals surface area (Å²) in [6.07, 6.45) is 0.254. The summed E-state index contributed by atoms with van der Waals surface area (Å²) in [6, 6.07) is 9.56. The molecule has 98 valence electrons. The highest BCUT2D eigenvalue weighted by Crippen LogP contribution is 2.24.